The molecule has 10 heteroatoms. The van der Waals surface area contributed by atoms with E-state index in [2.05, 4.69) is 15.4 Å². The second-order valence-corrected chi connectivity index (χ2v) is 10.00. The Morgan fingerprint density at radius 3 is 2.77 bits per heavy atom. The van der Waals surface area contributed by atoms with Crippen molar-refractivity contribution >= 4 is 23.2 Å². The van der Waals surface area contributed by atoms with Crippen LogP contribution in [0.4, 0.5) is 4.79 Å². The number of ether oxygens (including phenoxy) is 1. The van der Waals surface area contributed by atoms with E-state index in [4.69, 9.17) is 16.3 Å². The minimum absolute atomic E-state index is 0.0504. The lowest BCUT2D eigenvalue weighted by Crippen LogP contribution is -2.43. The maximum Gasteiger partial charge on any atom is 0.405 e. The van der Waals surface area contributed by atoms with Crippen LogP contribution in [-0.4, -0.2) is 43.6 Å². The lowest BCUT2D eigenvalue weighted by molar-refractivity contribution is 0.0832. The molecule has 4 rings (SSSR count). The van der Waals surface area contributed by atoms with E-state index >= 15 is 0 Å². The SMILES string of the molecule is CCCC(C)(Cn1c(Cl)nn2c(C3CCOCC3)ncc2c1=O)C(NC(=O)O)c1cccc(C)c1. The Kier molecular flexibility index (Phi) is 7.47. The number of benzene rings is 1. The molecule has 0 saturated carbocycles. The molecule has 1 aliphatic rings. The van der Waals surface area contributed by atoms with E-state index in [9.17, 15) is 14.7 Å². The molecular weight excluding hydrogens is 470 g/mol. The van der Waals surface area contributed by atoms with Gasteiger partial charge in [0.05, 0.1) is 12.2 Å². The highest BCUT2D eigenvalue weighted by Gasteiger charge is 2.38. The van der Waals surface area contributed by atoms with Crippen LogP contribution in [0, 0.1) is 12.3 Å². The van der Waals surface area contributed by atoms with Crippen molar-refractivity contribution in [1.82, 2.24) is 24.5 Å². The van der Waals surface area contributed by atoms with Gasteiger partial charge in [0.2, 0.25) is 5.28 Å². The second-order valence-electron chi connectivity index (χ2n) is 9.66. The number of carboxylic acid groups (broad SMARTS) is 1. The summed E-state index contributed by atoms with van der Waals surface area (Å²) in [4.78, 5) is 29.9. The molecular formula is C25H32ClN5O4. The number of hydrogen-bond donors (Lipinski definition) is 2. The Balaban J connectivity index is 1.77. The molecule has 9 nitrogen and oxygen atoms in total. The van der Waals surface area contributed by atoms with E-state index in [1.807, 2.05) is 45.0 Å². The van der Waals surface area contributed by atoms with Crippen LogP contribution in [0.3, 0.4) is 0 Å². The molecule has 188 valence electrons. The van der Waals surface area contributed by atoms with Crippen LogP contribution in [0.1, 0.15) is 68.4 Å². The molecule has 1 aromatic carbocycles. The van der Waals surface area contributed by atoms with Crippen molar-refractivity contribution in [1.29, 1.82) is 0 Å². The maximum atomic E-state index is 13.6. The number of amides is 1. The van der Waals surface area contributed by atoms with Gasteiger partial charge < -0.3 is 15.2 Å². The molecule has 1 fully saturated rings. The van der Waals surface area contributed by atoms with Gasteiger partial charge in [0, 0.05) is 31.1 Å². The van der Waals surface area contributed by atoms with Crippen molar-refractivity contribution in [2.45, 2.75) is 65.0 Å². The van der Waals surface area contributed by atoms with Gasteiger partial charge in [-0.3, -0.25) is 9.36 Å². The lowest BCUT2D eigenvalue weighted by Gasteiger charge is -2.38. The van der Waals surface area contributed by atoms with Gasteiger partial charge in [-0.15, -0.1) is 5.10 Å². The number of nitrogens with one attached hydrogen (secondary N) is 1. The van der Waals surface area contributed by atoms with E-state index in [0.29, 0.717) is 25.2 Å². The summed E-state index contributed by atoms with van der Waals surface area (Å²) < 4.78 is 8.45. The molecule has 0 spiro atoms. The fraction of sp³-hybridized carbons (Fsp3) is 0.520. The predicted molar refractivity (Wildman–Crippen MR) is 133 cm³/mol. The highest BCUT2D eigenvalue weighted by molar-refractivity contribution is 6.28. The van der Waals surface area contributed by atoms with Crippen LogP contribution < -0.4 is 10.9 Å². The summed E-state index contributed by atoms with van der Waals surface area (Å²) in [6.07, 6.45) is 3.51. The van der Waals surface area contributed by atoms with Gasteiger partial charge in [-0.1, -0.05) is 50.1 Å². The molecule has 3 aromatic rings. The first-order valence-corrected chi connectivity index (χ1v) is 12.4. The van der Waals surface area contributed by atoms with Crippen LogP contribution >= 0.6 is 11.6 Å². The zero-order valence-electron chi connectivity index (χ0n) is 20.3. The molecule has 1 amide bonds. The topological polar surface area (TPSA) is 111 Å². The van der Waals surface area contributed by atoms with E-state index in [1.165, 1.54) is 4.57 Å². The molecule has 0 aliphatic carbocycles. The molecule has 0 bridgehead atoms. The normalized spacial score (nSPS) is 17.3. The lowest BCUT2D eigenvalue weighted by atomic mass is 9.74. The number of fused-ring (bicyclic) bond motifs is 1. The number of carbonyl (C=O) groups is 1. The summed E-state index contributed by atoms with van der Waals surface area (Å²) in [6.45, 7) is 7.48. The molecule has 0 radical (unpaired) electrons. The molecule has 3 heterocycles. The molecule has 1 aliphatic heterocycles. The Bertz CT molecular complexity index is 1270. The summed E-state index contributed by atoms with van der Waals surface area (Å²) in [6, 6.07) is 7.20. The van der Waals surface area contributed by atoms with Crippen molar-refractivity contribution in [3.05, 3.63) is 63.1 Å². The number of imidazole rings is 1. The van der Waals surface area contributed by atoms with Crippen molar-refractivity contribution in [3.8, 4) is 0 Å². The zero-order chi connectivity index (χ0) is 25.2. The quantitative estimate of drug-likeness (QED) is 0.468. The Labute approximate surface area is 209 Å². The minimum Gasteiger partial charge on any atom is -0.465 e. The third kappa shape index (κ3) is 5.21. The fourth-order valence-electron chi connectivity index (χ4n) is 5.22. The number of rotatable bonds is 8. The summed E-state index contributed by atoms with van der Waals surface area (Å²) in [7, 11) is 0. The molecule has 2 unspecified atom stereocenters. The molecule has 35 heavy (non-hydrogen) atoms. The maximum absolute atomic E-state index is 13.6. The first-order valence-electron chi connectivity index (χ1n) is 12.0. The molecule has 2 aromatic heterocycles. The Hall–Kier alpha value is -2.91. The highest BCUT2D eigenvalue weighted by atomic mass is 35.5. The van der Waals surface area contributed by atoms with Gasteiger partial charge in [0.1, 0.15) is 5.82 Å². The van der Waals surface area contributed by atoms with Crippen LogP contribution in [0.15, 0.2) is 35.3 Å². The van der Waals surface area contributed by atoms with Crippen molar-refractivity contribution in [2.24, 2.45) is 5.41 Å². The third-order valence-corrected chi connectivity index (χ3v) is 7.18. The van der Waals surface area contributed by atoms with Crippen molar-refractivity contribution in [2.75, 3.05) is 13.2 Å². The molecule has 1 saturated heterocycles. The number of aryl methyl sites for hydroxylation is 1. The number of nitrogens with zero attached hydrogens (tertiary/aromatic N) is 4. The van der Waals surface area contributed by atoms with E-state index in [0.717, 1.165) is 36.2 Å². The minimum atomic E-state index is -1.12. The summed E-state index contributed by atoms with van der Waals surface area (Å²) in [5, 5.41) is 16.9. The fourth-order valence-corrected chi connectivity index (χ4v) is 5.43. The number of aromatic nitrogens is 4. The number of halogens is 1. The van der Waals surface area contributed by atoms with Gasteiger partial charge in [-0.25, -0.2) is 14.3 Å². The predicted octanol–water partition coefficient (Wildman–Crippen LogP) is 4.56. The zero-order valence-corrected chi connectivity index (χ0v) is 21.1. The van der Waals surface area contributed by atoms with Crippen LogP contribution in [-0.2, 0) is 11.3 Å². The average Bonchev–Trinajstić information content (AvgIpc) is 3.24. The van der Waals surface area contributed by atoms with Gasteiger partial charge in [0.15, 0.2) is 5.52 Å². The van der Waals surface area contributed by atoms with Crippen molar-refractivity contribution in [3.63, 3.8) is 0 Å². The van der Waals surface area contributed by atoms with Crippen LogP contribution in [0.25, 0.3) is 5.52 Å². The van der Waals surface area contributed by atoms with Crippen molar-refractivity contribution < 1.29 is 14.6 Å². The van der Waals surface area contributed by atoms with Crippen LogP contribution in [0.2, 0.25) is 5.28 Å². The van der Waals surface area contributed by atoms with E-state index in [1.54, 1.807) is 10.7 Å². The standard InChI is InChI=1S/C25H32ClN5O4/c1-4-10-25(3,20(28-24(33)34)18-7-5-6-16(2)13-18)15-30-22(32)19-14-27-21(31(19)29-23(30)26)17-8-11-35-12-9-17/h5-7,13-14,17,20,28H,4,8-12,15H2,1-3H3,(H,33,34). The summed E-state index contributed by atoms with van der Waals surface area (Å²) in [5.41, 5.74) is 1.27. The van der Waals surface area contributed by atoms with Crippen LogP contribution in [0.5, 0.6) is 0 Å². The van der Waals surface area contributed by atoms with Gasteiger partial charge in [0.25, 0.3) is 5.56 Å². The molecule has 2 atom stereocenters. The van der Waals surface area contributed by atoms with Gasteiger partial charge >= 0.3 is 6.09 Å². The largest absolute Gasteiger partial charge is 0.465 e. The second kappa shape index (κ2) is 10.4. The Morgan fingerprint density at radius 1 is 1.37 bits per heavy atom. The highest BCUT2D eigenvalue weighted by Crippen LogP contribution is 2.40. The van der Waals surface area contributed by atoms with E-state index < -0.39 is 17.6 Å². The average molecular weight is 502 g/mol. The Morgan fingerprint density at radius 2 is 2.11 bits per heavy atom. The third-order valence-electron chi connectivity index (χ3n) is 6.90. The number of hydrogen-bond acceptors (Lipinski definition) is 5. The first-order chi connectivity index (χ1) is 16.7. The first kappa shape index (κ1) is 25.2. The van der Waals surface area contributed by atoms with E-state index in [-0.39, 0.29) is 23.3 Å². The van der Waals surface area contributed by atoms with Gasteiger partial charge in [-0.05, 0) is 43.4 Å². The smallest absolute Gasteiger partial charge is 0.405 e. The summed E-state index contributed by atoms with van der Waals surface area (Å²) in [5.74, 6) is 0.872. The monoisotopic (exact) mass is 501 g/mol. The summed E-state index contributed by atoms with van der Waals surface area (Å²) >= 11 is 6.61. The van der Waals surface area contributed by atoms with Gasteiger partial charge in [-0.2, -0.15) is 0 Å². The molecule has 2 N–H and O–H groups in total.